The predicted molar refractivity (Wildman–Crippen MR) is 129 cm³/mol. The molecule has 4 heterocycles. The van der Waals surface area contributed by atoms with Crippen molar-refractivity contribution in [1.29, 1.82) is 0 Å². The zero-order valence-electron chi connectivity index (χ0n) is 15.6. The number of rotatable bonds is 2. The molecule has 0 atom stereocenters. The van der Waals surface area contributed by atoms with Gasteiger partial charge in [-0.15, -0.1) is 0 Å². The smallest absolute Gasteiger partial charge is 0.137 e. The van der Waals surface area contributed by atoms with Crippen LogP contribution in [0.1, 0.15) is 0 Å². The first-order valence-electron chi connectivity index (χ1n) is 9.49. The first-order valence-corrected chi connectivity index (χ1v) is 11.1. The van der Waals surface area contributed by atoms with E-state index in [9.17, 15) is 0 Å². The Morgan fingerprint density at radius 3 is 1.43 bits per heavy atom. The molecule has 6 aromatic rings. The highest BCUT2D eigenvalue weighted by Crippen LogP contribution is 2.41. The Balaban J connectivity index is 1.92. The SMILES string of the molecule is Brc1ccc2c(c1)n(-c1ccccn1)c1c3ccc(Br)cc3n(-c3ccccn3)c21. The topological polar surface area (TPSA) is 35.6 Å². The monoisotopic (exact) mass is 516 g/mol. The van der Waals surface area contributed by atoms with Crippen molar-refractivity contribution in [3.63, 3.8) is 0 Å². The number of hydrogen-bond acceptors (Lipinski definition) is 2. The molecule has 0 saturated heterocycles. The molecule has 0 amide bonds. The third kappa shape index (κ3) is 2.57. The van der Waals surface area contributed by atoms with E-state index in [0.717, 1.165) is 53.4 Å². The molecule has 0 bridgehead atoms. The van der Waals surface area contributed by atoms with E-state index in [2.05, 4.69) is 87.4 Å². The summed E-state index contributed by atoms with van der Waals surface area (Å²) in [5.41, 5.74) is 4.44. The van der Waals surface area contributed by atoms with Gasteiger partial charge >= 0.3 is 0 Å². The van der Waals surface area contributed by atoms with E-state index >= 15 is 0 Å². The third-order valence-electron chi connectivity index (χ3n) is 5.34. The van der Waals surface area contributed by atoms with Gasteiger partial charge < -0.3 is 0 Å². The minimum atomic E-state index is 0.888. The number of halogens is 2. The molecule has 0 radical (unpaired) electrons. The van der Waals surface area contributed by atoms with Crippen molar-refractivity contribution in [2.45, 2.75) is 0 Å². The zero-order valence-corrected chi connectivity index (χ0v) is 18.8. The summed E-state index contributed by atoms with van der Waals surface area (Å²) >= 11 is 7.30. The zero-order chi connectivity index (χ0) is 20.2. The molecule has 144 valence electrons. The molecular formula is C24H14Br2N4. The molecule has 0 aliphatic heterocycles. The van der Waals surface area contributed by atoms with Crippen LogP contribution in [0.2, 0.25) is 0 Å². The average Bonchev–Trinajstić information content (AvgIpc) is 3.26. The van der Waals surface area contributed by atoms with Crippen LogP contribution in [0, 0.1) is 0 Å². The van der Waals surface area contributed by atoms with Gasteiger partial charge in [0.25, 0.3) is 0 Å². The fourth-order valence-corrected chi connectivity index (χ4v) is 4.87. The van der Waals surface area contributed by atoms with Crippen molar-refractivity contribution >= 4 is 64.7 Å². The highest BCUT2D eigenvalue weighted by molar-refractivity contribution is 9.10. The molecule has 0 aliphatic rings. The molecule has 6 heteroatoms. The lowest BCUT2D eigenvalue weighted by Crippen LogP contribution is -1.96. The molecule has 4 aromatic heterocycles. The van der Waals surface area contributed by atoms with E-state index in [1.807, 2.05) is 48.8 Å². The van der Waals surface area contributed by atoms with Gasteiger partial charge in [-0.25, -0.2) is 9.97 Å². The summed E-state index contributed by atoms with van der Waals surface area (Å²) in [4.78, 5) is 9.34. The normalized spacial score (nSPS) is 11.7. The van der Waals surface area contributed by atoms with Crippen molar-refractivity contribution in [2.24, 2.45) is 0 Å². The number of pyridine rings is 2. The summed E-state index contributed by atoms with van der Waals surface area (Å²) in [6.45, 7) is 0. The minimum absolute atomic E-state index is 0.888. The van der Waals surface area contributed by atoms with Gasteiger partial charge in [-0.05, 0) is 60.7 Å². The minimum Gasteiger partial charge on any atom is -0.291 e. The van der Waals surface area contributed by atoms with Crippen molar-refractivity contribution in [3.8, 4) is 11.6 Å². The van der Waals surface area contributed by atoms with Gasteiger partial charge in [-0.3, -0.25) is 9.13 Å². The molecule has 0 fully saturated rings. The van der Waals surface area contributed by atoms with Crippen LogP contribution >= 0.6 is 31.9 Å². The van der Waals surface area contributed by atoms with Gasteiger partial charge in [-0.1, -0.05) is 44.0 Å². The second kappa shape index (κ2) is 6.79. The van der Waals surface area contributed by atoms with Gasteiger partial charge in [0.05, 0.1) is 22.1 Å². The number of hydrogen-bond donors (Lipinski definition) is 0. The van der Waals surface area contributed by atoms with Gasteiger partial charge in [0, 0.05) is 32.1 Å². The Kier molecular flexibility index (Phi) is 4.04. The number of nitrogens with zero attached hydrogens (tertiary/aromatic N) is 4. The van der Waals surface area contributed by atoms with Crippen LogP contribution in [-0.4, -0.2) is 19.1 Å². The lowest BCUT2D eigenvalue weighted by atomic mass is 10.2. The van der Waals surface area contributed by atoms with Crippen LogP contribution in [0.25, 0.3) is 44.5 Å². The van der Waals surface area contributed by atoms with Gasteiger partial charge in [0.2, 0.25) is 0 Å². The summed E-state index contributed by atoms with van der Waals surface area (Å²) < 4.78 is 6.54. The average molecular weight is 518 g/mol. The predicted octanol–water partition coefficient (Wildman–Crippen LogP) is 7.04. The van der Waals surface area contributed by atoms with Crippen LogP contribution < -0.4 is 0 Å². The Labute approximate surface area is 189 Å². The lowest BCUT2D eigenvalue weighted by molar-refractivity contribution is 1.07. The maximum Gasteiger partial charge on any atom is 0.137 e. The van der Waals surface area contributed by atoms with Gasteiger partial charge in [-0.2, -0.15) is 0 Å². The third-order valence-corrected chi connectivity index (χ3v) is 6.33. The van der Waals surface area contributed by atoms with Crippen molar-refractivity contribution in [3.05, 3.63) is 94.1 Å². The van der Waals surface area contributed by atoms with E-state index < -0.39 is 0 Å². The van der Waals surface area contributed by atoms with Gasteiger partial charge in [0.1, 0.15) is 11.6 Å². The first-order chi connectivity index (χ1) is 14.7. The largest absolute Gasteiger partial charge is 0.291 e. The standard InChI is InChI=1S/C24H14Br2N4/c25-15-7-9-17-19(13-15)29(21-5-1-3-11-27-21)23-18-10-8-16(26)14-20(18)30(24(17)23)22-6-2-4-12-28-22/h1-14H. The lowest BCUT2D eigenvalue weighted by Gasteiger charge is -2.08. The van der Waals surface area contributed by atoms with Crippen LogP contribution in [0.15, 0.2) is 94.1 Å². The summed E-state index contributed by atoms with van der Waals surface area (Å²) in [6, 6.07) is 24.8. The Morgan fingerprint density at radius 2 is 1.03 bits per heavy atom. The second-order valence-electron chi connectivity index (χ2n) is 7.07. The molecule has 0 saturated carbocycles. The summed E-state index contributed by atoms with van der Waals surface area (Å²) in [6.07, 6.45) is 3.67. The van der Waals surface area contributed by atoms with Gasteiger partial charge in [0.15, 0.2) is 0 Å². The summed E-state index contributed by atoms with van der Waals surface area (Å²) in [7, 11) is 0. The Bertz CT molecular complexity index is 1430. The second-order valence-corrected chi connectivity index (χ2v) is 8.90. The van der Waals surface area contributed by atoms with Crippen LogP contribution in [0.3, 0.4) is 0 Å². The highest BCUT2D eigenvalue weighted by atomic mass is 79.9. The molecular weight excluding hydrogens is 504 g/mol. The quantitative estimate of drug-likeness (QED) is 0.247. The fourth-order valence-electron chi connectivity index (χ4n) is 4.18. The molecule has 0 spiro atoms. The molecule has 0 unspecified atom stereocenters. The van der Waals surface area contributed by atoms with E-state index in [0.29, 0.717) is 0 Å². The van der Waals surface area contributed by atoms with Crippen molar-refractivity contribution < 1.29 is 0 Å². The van der Waals surface area contributed by atoms with Crippen LogP contribution in [0.4, 0.5) is 0 Å². The Hall–Kier alpha value is -2.96. The maximum atomic E-state index is 4.67. The highest BCUT2D eigenvalue weighted by Gasteiger charge is 2.23. The van der Waals surface area contributed by atoms with E-state index in [4.69, 9.17) is 0 Å². The van der Waals surface area contributed by atoms with Crippen molar-refractivity contribution in [2.75, 3.05) is 0 Å². The van der Waals surface area contributed by atoms with Crippen molar-refractivity contribution in [1.82, 2.24) is 19.1 Å². The molecule has 4 nitrogen and oxygen atoms in total. The van der Waals surface area contributed by atoms with Crippen LogP contribution in [0.5, 0.6) is 0 Å². The molecule has 0 N–H and O–H groups in total. The number of benzene rings is 2. The summed E-state index contributed by atoms with van der Waals surface area (Å²) in [5.74, 6) is 1.78. The fraction of sp³-hybridized carbons (Fsp3) is 0. The first kappa shape index (κ1) is 17.9. The number of aromatic nitrogens is 4. The number of fused-ring (bicyclic) bond motifs is 5. The van der Waals surface area contributed by atoms with E-state index in [1.54, 1.807) is 0 Å². The maximum absolute atomic E-state index is 4.67. The molecule has 30 heavy (non-hydrogen) atoms. The molecule has 6 rings (SSSR count). The van der Waals surface area contributed by atoms with Crippen LogP contribution in [-0.2, 0) is 0 Å². The van der Waals surface area contributed by atoms with E-state index in [1.165, 1.54) is 0 Å². The molecule has 2 aromatic carbocycles. The van der Waals surface area contributed by atoms with E-state index in [-0.39, 0.29) is 0 Å². The molecule has 0 aliphatic carbocycles. The Morgan fingerprint density at radius 1 is 0.567 bits per heavy atom. The summed E-state index contributed by atoms with van der Waals surface area (Å²) in [5, 5.41) is 2.30.